The first-order valence-electron chi connectivity index (χ1n) is 9.66. The third kappa shape index (κ3) is 4.89. The van der Waals surface area contributed by atoms with E-state index in [2.05, 4.69) is 10.2 Å². The van der Waals surface area contributed by atoms with E-state index in [1.54, 1.807) is 11.8 Å². The average molecular weight is 381 g/mol. The molecule has 0 aliphatic carbocycles. The molecule has 1 aliphatic heterocycles. The van der Waals surface area contributed by atoms with Crippen molar-refractivity contribution in [1.82, 2.24) is 9.80 Å². The van der Waals surface area contributed by atoms with Gasteiger partial charge in [0, 0.05) is 31.9 Å². The van der Waals surface area contributed by atoms with Gasteiger partial charge < -0.3 is 15.0 Å². The van der Waals surface area contributed by atoms with Crippen molar-refractivity contribution in [1.29, 1.82) is 0 Å². The normalized spacial score (nSPS) is 15.7. The second kappa shape index (κ2) is 9.37. The number of nitrogens with one attached hydrogen (secondary N) is 1. The number of amides is 2. The zero-order chi connectivity index (χ0) is 19.9. The molecule has 1 aliphatic rings. The van der Waals surface area contributed by atoms with Crippen molar-refractivity contribution in [3.63, 3.8) is 0 Å². The Bertz CT molecular complexity index is 784. The standard InChI is InChI=1S/C22H27N3O3/c1-3-28-22(27)25-15-13-24(14-16-25)20(18-7-5-4-6-8-18)21(26)23-19-11-9-17(2)10-12-19/h4-12,20H,3,13-16H2,1-2H3,(H,23,26)/t20-/m1/s1. The Morgan fingerprint density at radius 1 is 1.00 bits per heavy atom. The first-order valence-corrected chi connectivity index (χ1v) is 9.66. The van der Waals surface area contributed by atoms with Crippen LogP contribution in [0.1, 0.15) is 24.1 Å². The van der Waals surface area contributed by atoms with Crippen molar-refractivity contribution in [3.05, 3.63) is 65.7 Å². The highest BCUT2D eigenvalue weighted by atomic mass is 16.6. The monoisotopic (exact) mass is 381 g/mol. The predicted molar refractivity (Wildman–Crippen MR) is 109 cm³/mol. The van der Waals surface area contributed by atoms with E-state index in [0.717, 1.165) is 16.8 Å². The van der Waals surface area contributed by atoms with E-state index in [9.17, 15) is 9.59 Å². The third-order valence-corrected chi connectivity index (χ3v) is 4.89. The summed E-state index contributed by atoms with van der Waals surface area (Å²) in [6.45, 7) is 6.49. The maximum atomic E-state index is 13.2. The number of nitrogens with zero attached hydrogens (tertiary/aromatic N) is 2. The number of ether oxygens (including phenoxy) is 1. The predicted octanol–water partition coefficient (Wildman–Crippen LogP) is 3.45. The van der Waals surface area contributed by atoms with Crippen molar-refractivity contribution in [3.8, 4) is 0 Å². The van der Waals surface area contributed by atoms with Crippen LogP contribution < -0.4 is 5.32 Å². The number of hydrogen-bond donors (Lipinski definition) is 1. The first-order chi connectivity index (χ1) is 13.6. The molecule has 148 valence electrons. The number of carbonyl (C=O) groups is 2. The second-order valence-corrected chi connectivity index (χ2v) is 6.89. The molecule has 28 heavy (non-hydrogen) atoms. The Labute approximate surface area is 166 Å². The first kappa shape index (κ1) is 19.9. The summed E-state index contributed by atoms with van der Waals surface area (Å²) in [4.78, 5) is 28.9. The van der Waals surface area contributed by atoms with Crippen molar-refractivity contribution in [2.45, 2.75) is 19.9 Å². The van der Waals surface area contributed by atoms with Crippen LogP contribution in [-0.2, 0) is 9.53 Å². The van der Waals surface area contributed by atoms with Gasteiger partial charge in [-0.25, -0.2) is 4.79 Å². The number of piperazine rings is 1. The highest BCUT2D eigenvalue weighted by Gasteiger charge is 2.32. The van der Waals surface area contributed by atoms with Crippen LogP contribution in [0.2, 0.25) is 0 Å². The summed E-state index contributed by atoms with van der Waals surface area (Å²) in [6.07, 6.45) is -0.289. The second-order valence-electron chi connectivity index (χ2n) is 6.89. The summed E-state index contributed by atoms with van der Waals surface area (Å²) in [5.74, 6) is -0.0698. The van der Waals surface area contributed by atoms with Gasteiger partial charge in [-0.1, -0.05) is 48.0 Å². The molecule has 3 rings (SSSR count). The number of rotatable bonds is 5. The number of anilines is 1. The molecule has 6 heteroatoms. The molecule has 0 saturated carbocycles. The van der Waals surface area contributed by atoms with Crippen molar-refractivity contribution in [2.24, 2.45) is 0 Å². The van der Waals surface area contributed by atoms with Gasteiger partial charge in [-0.2, -0.15) is 0 Å². The van der Waals surface area contributed by atoms with Gasteiger partial charge >= 0.3 is 6.09 Å². The molecular formula is C22H27N3O3. The molecule has 2 aromatic carbocycles. The van der Waals surface area contributed by atoms with E-state index >= 15 is 0 Å². The highest BCUT2D eigenvalue weighted by Crippen LogP contribution is 2.24. The Kier molecular flexibility index (Phi) is 6.66. The van der Waals surface area contributed by atoms with Crippen LogP contribution in [-0.4, -0.2) is 54.6 Å². The number of carbonyl (C=O) groups excluding carboxylic acids is 2. The largest absolute Gasteiger partial charge is 0.450 e. The van der Waals surface area contributed by atoms with E-state index in [0.29, 0.717) is 32.8 Å². The lowest BCUT2D eigenvalue weighted by molar-refractivity contribution is -0.122. The van der Waals surface area contributed by atoms with Crippen LogP contribution >= 0.6 is 0 Å². The fourth-order valence-corrected chi connectivity index (χ4v) is 3.39. The van der Waals surface area contributed by atoms with Gasteiger partial charge in [0.05, 0.1) is 6.61 Å². The molecule has 2 aromatic rings. The molecule has 1 atom stereocenters. The summed E-state index contributed by atoms with van der Waals surface area (Å²) in [6, 6.07) is 17.1. The van der Waals surface area contributed by atoms with Crippen LogP contribution in [0.3, 0.4) is 0 Å². The van der Waals surface area contributed by atoms with Crippen molar-refractivity contribution < 1.29 is 14.3 Å². The van der Waals surface area contributed by atoms with Gasteiger partial charge in [-0.15, -0.1) is 0 Å². The fraction of sp³-hybridized carbons (Fsp3) is 0.364. The summed E-state index contributed by atoms with van der Waals surface area (Å²) in [5, 5.41) is 3.03. The lowest BCUT2D eigenvalue weighted by Gasteiger charge is -2.38. The zero-order valence-corrected chi connectivity index (χ0v) is 16.4. The summed E-state index contributed by atoms with van der Waals surface area (Å²) >= 11 is 0. The summed E-state index contributed by atoms with van der Waals surface area (Å²) in [5.41, 5.74) is 2.87. The Balaban J connectivity index is 1.74. The molecule has 0 aromatic heterocycles. The molecule has 0 spiro atoms. The molecule has 1 N–H and O–H groups in total. The van der Waals surface area contributed by atoms with Crippen LogP contribution in [0.4, 0.5) is 10.5 Å². The summed E-state index contributed by atoms with van der Waals surface area (Å²) < 4.78 is 5.09. The molecule has 0 radical (unpaired) electrons. The smallest absolute Gasteiger partial charge is 0.409 e. The van der Waals surface area contributed by atoms with Crippen molar-refractivity contribution >= 4 is 17.7 Å². The topological polar surface area (TPSA) is 61.9 Å². The van der Waals surface area contributed by atoms with E-state index in [1.807, 2.05) is 61.5 Å². The van der Waals surface area contributed by atoms with Crippen LogP contribution in [0.25, 0.3) is 0 Å². The van der Waals surface area contributed by atoms with Crippen LogP contribution in [0.15, 0.2) is 54.6 Å². The SMILES string of the molecule is CCOC(=O)N1CCN([C@@H](C(=O)Nc2ccc(C)cc2)c2ccccc2)CC1. The summed E-state index contributed by atoms with van der Waals surface area (Å²) in [7, 11) is 0. The molecule has 1 fully saturated rings. The zero-order valence-electron chi connectivity index (χ0n) is 16.4. The highest BCUT2D eigenvalue weighted by molar-refractivity contribution is 5.95. The Morgan fingerprint density at radius 2 is 1.64 bits per heavy atom. The lowest BCUT2D eigenvalue weighted by atomic mass is 10.0. The van der Waals surface area contributed by atoms with Gasteiger partial charge in [-0.3, -0.25) is 9.69 Å². The minimum Gasteiger partial charge on any atom is -0.450 e. The average Bonchev–Trinajstić information content (AvgIpc) is 2.71. The van der Waals surface area contributed by atoms with Gasteiger partial charge in [0.2, 0.25) is 5.91 Å². The maximum absolute atomic E-state index is 13.2. The van der Waals surface area contributed by atoms with E-state index < -0.39 is 6.04 Å². The van der Waals surface area contributed by atoms with E-state index in [4.69, 9.17) is 4.74 Å². The minimum atomic E-state index is -0.410. The molecule has 1 heterocycles. The number of aryl methyl sites for hydroxylation is 1. The molecule has 2 amide bonds. The van der Waals surface area contributed by atoms with Gasteiger partial charge in [-0.05, 0) is 31.5 Å². The number of hydrogen-bond acceptors (Lipinski definition) is 4. The number of benzene rings is 2. The lowest BCUT2D eigenvalue weighted by Crippen LogP contribution is -2.51. The molecule has 0 bridgehead atoms. The maximum Gasteiger partial charge on any atom is 0.409 e. The third-order valence-electron chi connectivity index (χ3n) is 4.89. The Morgan fingerprint density at radius 3 is 2.25 bits per heavy atom. The van der Waals surface area contributed by atoms with E-state index in [1.165, 1.54) is 0 Å². The fourth-order valence-electron chi connectivity index (χ4n) is 3.39. The minimum absolute atomic E-state index is 0.0698. The van der Waals surface area contributed by atoms with Crippen LogP contribution in [0, 0.1) is 6.92 Å². The van der Waals surface area contributed by atoms with Gasteiger partial charge in [0.25, 0.3) is 0 Å². The molecule has 1 saturated heterocycles. The molecular weight excluding hydrogens is 354 g/mol. The quantitative estimate of drug-likeness (QED) is 0.862. The molecule has 6 nitrogen and oxygen atoms in total. The Hall–Kier alpha value is -2.86. The van der Waals surface area contributed by atoms with Crippen molar-refractivity contribution in [2.75, 3.05) is 38.1 Å². The van der Waals surface area contributed by atoms with E-state index in [-0.39, 0.29) is 12.0 Å². The van der Waals surface area contributed by atoms with Gasteiger partial charge in [0.1, 0.15) is 6.04 Å². The molecule has 0 unspecified atom stereocenters. The van der Waals surface area contributed by atoms with Gasteiger partial charge in [0.15, 0.2) is 0 Å². The van der Waals surface area contributed by atoms with Crippen LogP contribution in [0.5, 0.6) is 0 Å².